The summed E-state index contributed by atoms with van der Waals surface area (Å²) in [7, 11) is -3.70. The monoisotopic (exact) mass is 412 g/mol. The van der Waals surface area contributed by atoms with Gasteiger partial charge in [0, 0.05) is 12.4 Å². The number of rotatable bonds is 8. The van der Waals surface area contributed by atoms with E-state index >= 15 is 0 Å². The molecule has 3 rings (SSSR count). The summed E-state index contributed by atoms with van der Waals surface area (Å²) >= 11 is 0. The van der Waals surface area contributed by atoms with Crippen molar-refractivity contribution in [2.24, 2.45) is 5.14 Å². The molecule has 6 nitrogen and oxygen atoms in total. The van der Waals surface area contributed by atoms with Gasteiger partial charge >= 0.3 is 0 Å². The maximum atomic E-state index is 11.3. The van der Waals surface area contributed by atoms with E-state index in [1.807, 2.05) is 43.3 Å². The second-order valence-corrected chi connectivity index (χ2v) is 8.45. The van der Waals surface area contributed by atoms with Crippen molar-refractivity contribution in [3.63, 3.8) is 0 Å². The van der Waals surface area contributed by atoms with Crippen molar-refractivity contribution < 1.29 is 18.3 Å². The molecule has 0 aliphatic heterocycles. The summed E-state index contributed by atoms with van der Waals surface area (Å²) in [5.74, 6) is 0.655. The Balaban J connectivity index is 1.58. The molecule has 0 amide bonds. The number of hydrogen-bond donors (Lipinski definition) is 2. The molecular formula is C22H24N2O4S. The third-order valence-corrected chi connectivity index (χ3v) is 5.62. The highest BCUT2D eigenvalue weighted by Crippen LogP contribution is 2.24. The maximum Gasteiger partial charge on any atom is 0.238 e. The van der Waals surface area contributed by atoms with Gasteiger partial charge in [0.25, 0.3) is 0 Å². The van der Waals surface area contributed by atoms with Crippen molar-refractivity contribution in [2.75, 3.05) is 0 Å². The lowest BCUT2D eigenvalue weighted by molar-refractivity contribution is 0.0420. The van der Waals surface area contributed by atoms with Gasteiger partial charge in [0.1, 0.15) is 11.9 Å². The Bertz CT molecular complexity index is 1020. The fourth-order valence-electron chi connectivity index (χ4n) is 2.95. The van der Waals surface area contributed by atoms with Gasteiger partial charge in [-0.1, -0.05) is 30.3 Å². The van der Waals surface area contributed by atoms with Crippen LogP contribution in [0.4, 0.5) is 0 Å². The lowest BCUT2D eigenvalue weighted by Gasteiger charge is -2.20. The minimum atomic E-state index is -3.70. The second-order valence-electron chi connectivity index (χ2n) is 6.88. The van der Waals surface area contributed by atoms with Crippen molar-refractivity contribution in [3.8, 4) is 16.9 Å². The SMILES string of the molecule is C[C@H](Oc1ccc(-c2ccc(S(N)(=O)=O)cc2)cc1)[C@H](O)CCc1cccnc1. The van der Waals surface area contributed by atoms with Crippen LogP contribution in [0.25, 0.3) is 11.1 Å². The Morgan fingerprint density at radius 1 is 1.03 bits per heavy atom. The number of aliphatic hydroxyl groups excluding tert-OH is 1. The molecule has 0 fully saturated rings. The van der Waals surface area contributed by atoms with E-state index < -0.39 is 16.1 Å². The van der Waals surface area contributed by atoms with Gasteiger partial charge in [-0.2, -0.15) is 0 Å². The molecule has 152 valence electrons. The molecule has 0 radical (unpaired) electrons. The summed E-state index contributed by atoms with van der Waals surface area (Å²) in [6.07, 6.45) is 3.89. The predicted molar refractivity (Wildman–Crippen MR) is 112 cm³/mol. The number of aromatic nitrogens is 1. The number of nitrogens with two attached hydrogens (primary N) is 1. The lowest BCUT2D eigenvalue weighted by atomic mass is 10.0. The van der Waals surface area contributed by atoms with Crippen LogP contribution in [0.2, 0.25) is 0 Å². The van der Waals surface area contributed by atoms with Crippen LogP contribution in [0.1, 0.15) is 18.9 Å². The summed E-state index contributed by atoms with van der Waals surface area (Å²) in [6, 6.07) is 17.7. The topological polar surface area (TPSA) is 103 Å². The van der Waals surface area contributed by atoms with E-state index in [2.05, 4.69) is 4.98 Å². The smallest absolute Gasteiger partial charge is 0.238 e. The molecule has 0 saturated carbocycles. The molecule has 0 unspecified atom stereocenters. The van der Waals surface area contributed by atoms with Gasteiger partial charge in [0.2, 0.25) is 10.0 Å². The Morgan fingerprint density at radius 3 is 2.21 bits per heavy atom. The minimum absolute atomic E-state index is 0.0790. The first-order valence-corrected chi connectivity index (χ1v) is 10.8. The molecule has 1 aromatic heterocycles. The normalized spacial score (nSPS) is 13.6. The zero-order valence-corrected chi connectivity index (χ0v) is 16.9. The van der Waals surface area contributed by atoms with Gasteiger partial charge in [0.15, 0.2) is 0 Å². The molecule has 3 N–H and O–H groups in total. The predicted octanol–water partition coefficient (Wildman–Crippen LogP) is 3.16. The van der Waals surface area contributed by atoms with Crippen molar-refractivity contribution in [2.45, 2.75) is 36.9 Å². The number of hydrogen-bond acceptors (Lipinski definition) is 5. The quantitative estimate of drug-likeness (QED) is 0.592. The zero-order chi connectivity index (χ0) is 20.9. The third kappa shape index (κ3) is 5.87. The minimum Gasteiger partial charge on any atom is -0.488 e. The number of ether oxygens (including phenoxy) is 1. The van der Waals surface area contributed by atoms with Crippen LogP contribution in [0, 0.1) is 0 Å². The van der Waals surface area contributed by atoms with E-state index in [9.17, 15) is 13.5 Å². The molecule has 0 bridgehead atoms. The summed E-state index contributed by atoms with van der Waals surface area (Å²) in [4.78, 5) is 4.16. The van der Waals surface area contributed by atoms with Gasteiger partial charge in [-0.3, -0.25) is 4.98 Å². The fraction of sp³-hybridized carbons (Fsp3) is 0.227. The van der Waals surface area contributed by atoms with Crippen LogP contribution in [-0.4, -0.2) is 30.7 Å². The van der Waals surface area contributed by atoms with Crippen LogP contribution in [0.3, 0.4) is 0 Å². The molecule has 3 aromatic rings. The highest BCUT2D eigenvalue weighted by atomic mass is 32.2. The highest BCUT2D eigenvalue weighted by molar-refractivity contribution is 7.89. The van der Waals surface area contributed by atoms with Crippen LogP contribution in [0.15, 0.2) is 78.0 Å². The van der Waals surface area contributed by atoms with Gasteiger partial charge in [-0.15, -0.1) is 0 Å². The Labute approximate surface area is 171 Å². The molecule has 2 aromatic carbocycles. The number of nitrogens with zero attached hydrogens (tertiary/aromatic N) is 1. The van der Waals surface area contributed by atoms with E-state index in [0.717, 1.165) is 23.1 Å². The molecule has 7 heteroatoms. The standard InChI is InChI=1S/C22H24N2O4S/c1-16(22(25)13-4-17-3-2-14-24-15-17)28-20-9-5-18(6-10-20)19-7-11-21(12-8-19)29(23,26)27/h2-3,5-12,14-16,22,25H,4,13H2,1H3,(H2,23,26,27)/t16-,22+/m0/s1. The van der Waals surface area contributed by atoms with E-state index in [1.54, 1.807) is 24.5 Å². The Kier molecular flexibility index (Phi) is 6.64. The average molecular weight is 413 g/mol. The molecule has 1 heterocycles. The number of aliphatic hydroxyl groups is 1. The Hall–Kier alpha value is -2.74. The van der Waals surface area contributed by atoms with Gasteiger partial charge in [-0.05, 0) is 66.8 Å². The summed E-state index contributed by atoms with van der Waals surface area (Å²) in [6.45, 7) is 1.84. The molecule has 0 saturated heterocycles. The largest absolute Gasteiger partial charge is 0.488 e. The Morgan fingerprint density at radius 2 is 1.66 bits per heavy atom. The van der Waals surface area contributed by atoms with Crippen LogP contribution in [-0.2, 0) is 16.4 Å². The van der Waals surface area contributed by atoms with E-state index in [4.69, 9.17) is 9.88 Å². The lowest BCUT2D eigenvalue weighted by Crippen LogP contribution is -2.29. The van der Waals surface area contributed by atoms with E-state index in [0.29, 0.717) is 12.2 Å². The van der Waals surface area contributed by atoms with Crippen molar-refractivity contribution in [1.82, 2.24) is 4.98 Å². The highest BCUT2D eigenvalue weighted by Gasteiger charge is 2.16. The van der Waals surface area contributed by atoms with Gasteiger partial charge in [-0.25, -0.2) is 13.6 Å². The first-order valence-electron chi connectivity index (χ1n) is 9.30. The van der Waals surface area contributed by atoms with Crippen molar-refractivity contribution in [3.05, 3.63) is 78.6 Å². The molecule has 29 heavy (non-hydrogen) atoms. The summed E-state index contributed by atoms with van der Waals surface area (Å²) < 4.78 is 28.6. The zero-order valence-electron chi connectivity index (χ0n) is 16.1. The molecular weight excluding hydrogens is 388 g/mol. The van der Waals surface area contributed by atoms with Gasteiger partial charge in [0.05, 0.1) is 11.0 Å². The molecule has 0 aliphatic rings. The van der Waals surface area contributed by atoms with E-state index in [1.165, 1.54) is 12.1 Å². The fourth-order valence-corrected chi connectivity index (χ4v) is 3.47. The van der Waals surface area contributed by atoms with E-state index in [-0.39, 0.29) is 11.0 Å². The average Bonchev–Trinajstić information content (AvgIpc) is 2.73. The maximum absolute atomic E-state index is 11.3. The second kappa shape index (κ2) is 9.17. The summed E-state index contributed by atoms with van der Waals surface area (Å²) in [5.41, 5.74) is 2.87. The van der Waals surface area contributed by atoms with Gasteiger partial charge < -0.3 is 9.84 Å². The van der Waals surface area contributed by atoms with Crippen molar-refractivity contribution in [1.29, 1.82) is 0 Å². The number of sulfonamides is 1. The number of primary sulfonamides is 1. The molecule has 2 atom stereocenters. The number of pyridine rings is 1. The first kappa shape index (κ1) is 21.0. The summed E-state index contributed by atoms with van der Waals surface area (Å²) in [5, 5.41) is 15.5. The molecule has 0 spiro atoms. The van der Waals surface area contributed by atoms with Crippen LogP contribution < -0.4 is 9.88 Å². The van der Waals surface area contributed by atoms with Crippen molar-refractivity contribution >= 4 is 10.0 Å². The van der Waals surface area contributed by atoms with Crippen LogP contribution >= 0.6 is 0 Å². The molecule has 0 aliphatic carbocycles. The van der Waals surface area contributed by atoms with Crippen LogP contribution in [0.5, 0.6) is 5.75 Å². The number of aryl methyl sites for hydroxylation is 1. The number of benzene rings is 2. The third-order valence-electron chi connectivity index (χ3n) is 4.69. The first-order chi connectivity index (χ1) is 13.8.